The van der Waals surface area contributed by atoms with Gasteiger partial charge < -0.3 is 16.4 Å². The smallest absolute Gasteiger partial charge is 0.159 e. The van der Waals surface area contributed by atoms with Crippen molar-refractivity contribution in [2.45, 2.75) is 31.7 Å². The van der Waals surface area contributed by atoms with Crippen molar-refractivity contribution in [3.8, 4) is 0 Å². The van der Waals surface area contributed by atoms with Gasteiger partial charge in [0.25, 0.3) is 0 Å². The topological polar surface area (TPSA) is 75.9 Å². The second-order valence-electron chi connectivity index (χ2n) is 5.36. The SMILES string of the molecule is Nc1c(Nc2ccc(F)c(Cl)c2)ncnc1NC1CCCC1. The molecule has 1 aliphatic carbocycles. The monoisotopic (exact) mass is 321 g/mol. The fraction of sp³-hybridized carbons (Fsp3) is 0.333. The number of aromatic nitrogens is 2. The van der Waals surface area contributed by atoms with Crippen LogP contribution in [0.5, 0.6) is 0 Å². The third kappa shape index (κ3) is 3.22. The summed E-state index contributed by atoms with van der Waals surface area (Å²) < 4.78 is 13.2. The van der Waals surface area contributed by atoms with Crippen LogP contribution in [0.4, 0.5) is 27.4 Å². The molecule has 22 heavy (non-hydrogen) atoms. The Bertz CT molecular complexity index is 673. The van der Waals surface area contributed by atoms with Crippen LogP contribution in [0.25, 0.3) is 0 Å². The lowest BCUT2D eigenvalue weighted by molar-refractivity contribution is 0.628. The lowest BCUT2D eigenvalue weighted by atomic mass is 10.2. The lowest BCUT2D eigenvalue weighted by Crippen LogP contribution is -2.17. The molecule has 0 unspecified atom stereocenters. The van der Waals surface area contributed by atoms with E-state index < -0.39 is 5.82 Å². The van der Waals surface area contributed by atoms with E-state index in [0.717, 1.165) is 12.8 Å². The summed E-state index contributed by atoms with van der Waals surface area (Å²) in [4.78, 5) is 8.34. The summed E-state index contributed by atoms with van der Waals surface area (Å²) in [7, 11) is 0. The van der Waals surface area contributed by atoms with Crippen LogP contribution in [-0.4, -0.2) is 16.0 Å². The molecule has 1 aromatic heterocycles. The second kappa shape index (κ2) is 6.36. The van der Waals surface area contributed by atoms with Crippen molar-refractivity contribution in [1.29, 1.82) is 0 Å². The van der Waals surface area contributed by atoms with E-state index in [1.54, 1.807) is 6.07 Å². The van der Waals surface area contributed by atoms with E-state index in [-0.39, 0.29) is 5.02 Å². The molecular weight excluding hydrogens is 305 g/mol. The van der Waals surface area contributed by atoms with E-state index in [1.165, 1.54) is 31.3 Å². The number of nitrogens with one attached hydrogen (secondary N) is 2. The third-order valence-corrected chi connectivity index (χ3v) is 4.05. The molecular formula is C15H17ClFN5. The predicted molar refractivity (Wildman–Crippen MR) is 87.0 cm³/mol. The van der Waals surface area contributed by atoms with Gasteiger partial charge in [0, 0.05) is 11.7 Å². The molecule has 3 rings (SSSR count). The normalized spacial score (nSPS) is 15.0. The Hall–Kier alpha value is -2.08. The molecule has 5 nitrogen and oxygen atoms in total. The highest BCUT2D eigenvalue weighted by atomic mass is 35.5. The fourth-order valence-corrected chi connectivity index (χ4v) is 2.76. The largest absolute Gasteiger partial charge is 0.393 e. The maximum absolute atomic E-state index is 13.2. The van der Waals surface area contributed by atoms with Crippen LogP contribution in [0.15, 0.2) is 24.5 Å². The second-order valence-corrected chi connectivity index (χ2v) is 5.77. The van der Waals surface area contributed by atoms with Crippen LogP contribution in [0.2, 0.25) is 5.02 Å². The van der Waals surface area contributed by atoms with Gasteiger partial charge >= 0.3 is 0 Å². The van der Waals surface area contributed by atoms with Gasteiger partial charge in [-0.15, -0.1) is 0 Å². The number of anilines is 4. The molecule has 116 valence electrons. The number of rotatable bonds is 4. The average Bonchev–Trinajstić information content (AvgIpc) is 3.00. The molecule has 0 bridgehead atoms. The van der Waals surface area contributed by atoms with Gasteiger partial charge in [0.2, 0.25) is 0 Å². The summed E-state index contributed by atoms with van der Waals surface area (Å²) >= 11 is 5.77. The maximum Gasteiger partial charge on any atom is 0.159 e. The molecule has 0 saturated heterocycles. The zero-order chi connectivity index (χ0) is 15.5. The van der Waals surface area contributed by atoms with Crippen molar-refractivity contribution in [2.24, 2.45) is 0 Å². The molecule has 0 aliphatic heterocycles. The first-order valence-corrected chi connectivity index (χ1v) is 7.60. The van der Waals surface area contributed by atoms with Crippen molar-refractivity contribution in [1.82, 2.24) is 9.97 Å². The lowest BCUT2D eigenvalue weighted by Gasteiger charge is -2.16. The van der Waals surface area contributed by atoms with Crippen LogP contribution in [0, 0.1) is 5.82 Å². The van der Waals surface area contributed by atoms with E-state index in [9.17, 15) is 4.39 Å². The van der Waals surface area contributed by atoms with E-state index in [2.05, 4.69) is 20.6 Å². The number of nitrogens with zero attached hydrogens (tertiary/aromatic N) is 2. The van der Waals surface area contributed by atoms with Crippen molar-refractivity contribution < 1.29 is 4.39 Å². The van der Waals surface area contributed by atoms with Crippen LogP contribution in [0.1, 0.15) is 25.7 Å². The third-order valence-electron chi connectivity index (χ3n) is 3.76. The van der Waals surface area contributed by atoms with Gasteiger partial charge in [-0.25, -0.2) is 14.4 Å². The average molecular weight is 322 g/mol. The molecule has 2 aromatic rings. The van der Waals surface area contributed by atoms with Crippen LogP contribution >= 0.6 is 11.6 Å². The summed E-state index contributed by atoms with van der Waals surface area (Å²) in [5, 5.41) is 6.44. The highest BCUT2D eigenvalue weighted by molar-refractivity contribution is 6.31. The minimum absolute atomic E-state index is 0.0435. The van der Waals surface area contributed by atoms with Gasteiger partial charge in [-0.3, -0.25) is 0 Å². The minimum atomic E-state index is -0.466. The van der Waals surface area contributed by atoms with Crippen LogP contribution in [-0.2, 0) is 0 Å². The molecule has 1 saturated carbocycles. The van der Waals surface area contributed by atoms with Gasteiger partial charge in [0.15, 0.2) is 11.6 Å². The van der Waals surface area contributed by atoms with Crippen LogP contribution < -0.4 is 16.4 Å². The van der Waals surface area contributed by atoms with E-state index in [0.29, 0.717) is 29.1 Å². The van der Waals surface area contributed by atoms with Gasteiger partial charge in [0.1, 0.15) is 17.8 Å². The maximum atomic E-state index is 13.2. The molecule has 0 atom stereocenters. The number of hydrogen-bond donors (Lipinski definition) is 3. The highest BCUT2D eigenvalue weighted by Crippen LogP contribution is 2.30. The van der Waals surface area contributed by atoms with E-state index in [4.69, 9.17) is 17.3 Å². The van der Waals surface area contributed by atoms with Gasteiger partial charge in [-0.1, -0.05) is 24.4 Å². The first-order chi connectivity index (χ1) is 10.6. The van der Waals surface area contributed by atoms with Crippen LogP contribution in [0.3, 0.4) is 0 Å². The van der Waals surface area contributed by atoms with Gasteiger partial charge in [-0.2, -0.15) is 0 Å². The number of benzene rings is 1. The Morgan fingerprint density at radius 1 is 1.18 bits per heavy atom. The summed E-state index contributed by atoms with van der Waals surface area (Å²) in [5.74, 6) is 0.627. The summed E-state index contributed by atoms with van der Waals surface area (Å²) in [6.07, 6.45) is 6.14. The summed E-state index contributed by atoms with van der Waals surface area (Å²) in [6, 6.07) is 4.76. The van der Waals surface area contributed by atoms with Gasteiger partial charge in [0.05, 0.1) is 5.02 Å². The molecule has 1 aliphatic rings. The van der Waals surface area contributed by atoms with Crippen molar-refractivity contribution in [3.63, 3.8) is 0 Å². The quantitative estimate of drug-likeness (QED) is 0.795. The number of halogens is 2. The summed E-state index contributed by atoms with van der Waals surface area (Å²) in [5.41, 5.74) is 7.17. The summed E-state index contributed by atoms with van der Waals surface area (Å²) in [6.45, 7) is 0. The molecule has 0 amide bonds. The van der Waals surface area contributed by atoms with Crippen molar-refractivity contribution >= 4 is 34.6 Å². The van der Waals surface area contributed by atoms with Crippen molar-refractivity contribution in [2.75, 3.05) is 16.4 Å². The Morgan fingerprint density at radius 2 is 1.91 bits per heavy atom. The Labute approximate surface area is 133 Å². The first kappa shape index (κ1) is 14.8. The number of nitrogens with two attached hydrogens (primary N) is 1. The number of hydrogen-bond acceptors (Lipinski definition) is 5. The fourth-order valence-electron chi connectivity index (χ4n) is 2.58. The van der Waals surface area contributed by atoms with E-state index in [1.807, 2.05) is 0 Å². The first-order valence-electron chi connectivity index (χ1n) is 7.22. The molecule has 0 spiro atoms. The molecule has 1 aromatic carbocycles. The Morgan fingerprint density at radius 3 is 2.64 bits per heavy atom. The molecule has 0 radical (unpaired) electrons. The zero-order valence-corrected chi connectivity index (χ0v) is 12.7. The molecule has 1 fully saturated rings. The number of nitrogen functional groups attached to an aromatic ring is 1. The minimum Gasteiger partial charge on any atom is -0.393 e. The Kier molecular flexibility index (Phi) is 4.29. The van der Waals surface area contributed by atoms with E-state index >= 15 is 0 Å². The molecule has 7 heteroatoms. The predicted octanol–water partition coefficient (Wildman–Crippen LogP) is 3.95. The standard InChI is InChI=1S/C15H17ClFN5/c16-11-7-10(5-6-12(11)17)22-15-13(18)14(19-8-20-15)21-9-3-1-2-4-9/h5-9H,1-4,18H2,(H2,19,20,21,22). The molecule has 4 N–H and O–H groups in total. The highest BCUT2D eigenvalue weighted by Gasteiger charge is 2.17. The molecule has 1 heterocycles. The Balaban J connectivity index is 1.79. The van der Waals surface area contributed by atoms with Crippen molar-refractivity contribution in [3.05, 3.63) is 35.4 Å². The van der Waals surface area contributed by atoms with Gasteiger partial charge in [-0.05, 0) is 31.0 Å². The zero-order valence-electron chi connectivity index (χ0n) is 11.9.